The van der Waals surface area contributed by atoms with E-state index in [2.05, 4.69) is 9.68 Å². The highest BCUT2D eigenvalue weighted by Crippen LogP contribution is 1.95. The summed E-state index contributed by atoms with van der Waals surface area (Å²) in [5.41, 5.74) is -0.291. The van der Waals surface area contributed by atoms with Gasteiger partial charge in [-0.1, -0.05) is 0 Å². The van der Waals surface area contributed by atoms with Crippen molar-refractivity contribution >= 4 is 10.8 Å². The zero-order valence-corrected chi connectivity index (χ0v) is 6.23. The predicted molar refractivity (Wildman–Crippen MR) is 37.1 cm³/mol. The molecule has 0 fully saturated rings. The van der Waals surface area contributed by atoms with Crippen LogP contribution in [0.4, 0.5) is 0 Å². The van der Waals surface area contributed by atoms with Crippen LogP contribution in [0.3, 0.4) is 0 Å². The fraction of sp³-hybridized carbons (Fsp3) is 0.400. The Morgan fingerprint density at radius 2 is 2.50 bits per heavy atom. The van der Waals surface area contributed by atoms with Gasteiger partial charge in [0.1, 0.15) is 5.76 Å². The van der Waals surface area contributed by atoms with Gasteiger partial charge in [0, 0.05) is 23.1 Å². The molecule has 0 saturated carbocycles. The van der Waals surface area contributed by atoms with Gasteiger partial charge in [-0.2, -0.15) is 5.16 Å². The van der Waals surface area contributed by atoms with Crippen LogP contribution < -0.4 is 5.56 Å². The molecule has 0 aromatic carbocycles. The molecule has 0 aliphatic rings. The van der Waals surface area contributed by atoms with Gasteiger partial charge in [0.2, 0.25) is 0 Å². The summed E-state index contributed by atoms with van der Waals surface area (Å²) >= 11 is 0. The van der Waals surface area contributed by atoms with Gasteiger partial charge in [0.15, 0.2) is 0 Å². The molecule has 1 N–H and O–H groups in total. The Bertz CT molecular complexity index is 287. The Morgan fingerprint density at radius 3 is 2.90 bits per heavy atom. The lowest BCUT2D eigenvalue weighted by Crippen LogP contribution is -1.94. The summed E-state index contributed by atoms with van der Waals surface area (Å²) in [5, 5.41) is 2.11. The Balaban J connectivity index is 2.76. The topological polar surface area (TPSA) is 63.1 Å². The van der Waals surface area contributed by atoms with E-state index in [4.69, 9.17) is 0 Å². The van der Waals surface area contributed by atoms with E-state index >= 15 is 0 Å². The lowest BCUT2D eigenvalue weighted by Gasteiger charge is -1.85. The molecule has 1 aromatic rings. The molecule has 0 saturated heterocycles. The molecule has 0 bridgehead atoms. The minimum Gasteiger partial charge on any atom is -0.383 e. The molecular formula is C5H7NO3S. The van der Waals surface area contributed by atoms with Crippen LogP contribution in [-0.4, -0.2) is 15.6 Å². The van der Waals surface area contributed by atoms with Crippen molar-refractivity contribution in [3.8, 4) is 0 Å². The Labute approximate surface area is 59.7 Å². The van der Waals surface area contributed by atoms with E-state index in [1.165, 1.54) is 6.07 Å². The van der Waals surface area contributed by atoms with Crippen LogP contribution >= 0.6 is 0 Å². The SMILES string of the molecule is CS(=O)Cc1cc(=O)[nH]o1. The first-order chi connectivity index (χ1) is 4.68. The van der Waals surface area contributed by atoms with Crippen molar-refractivity contribution in [2.75, 3.05) is 6.26 Å². The maximum Gasteiger partial charge on any atom is 0.280 e. The molecule has 0 spiro atoms. The number of H-pyrrole nitrogens is 1. The van der Waals surface area contributed by atoms with E-state index < -0.39 is 10.8 Å². The number of aromatic nitrogens is 1. The standard InChI is InChI=1S/C5H7NO3S/c1-10(8)3-4-2-5(7)6-9-4/h2H,3H2,1H3,(H,6,7). The highest BCUT2D eigenvalue weighted by Gasteiger charge is 2.00. The predicted octanol–water partition coefficient (Wildman–Crippen LogP) is -0.154. The molecule has 1 unspecified atom stereocenters. The Kier molecular flexibility index (Phi) is 2.06. The first-order valence-electron chi connectivity index (χ1n) is 2.66. The molecule has 4 nitrogen and oxygen atoms in total. The third-order valence-corrected chi connectivity index (χ3v) is 1.61. The summed E-state index contributed by atoms with van der Waals surface area (Å²) in [7, 11) is -0.956. The largest absolute Gasteiger partial charge is 0.383 e. The van der Waals surface area contributed by atoms with Gasteiger partial charge in [-0.05, 0) is 0 Å². The van der Waals surface area contributed by atoms with E-state index in [1.807, 2.05) is 0 Å². The van der Waals surface area contributed by atoms with Crippen LogP contribution in [0.2, 0.25) is 0 Å². The second-order valence-electron chi connectivity index (χ2n) is 1.90. The second-order valence-corrected chi connectivity index (χ2v) is 3.33. The molecule has 0 radical (unpaired) electrons. The smallest absolute Gasteiger partial charge is 0.280 e. The molecule has 10 heavy (non-hydrogen) atoms. The van der Waals surface area contributed by atoms with E-state index in [0.717, 1.165) is 0 Å². The molecule has 5 heteroatoms. The van der Waals surface area contributed by atoms with Crippen molar-refractivity contribution in [3.63, 3.8) is 0 Å². The van der Waals surface area contributed by atoms with Gasteiger partial charge < -0.3 is 4.52 Å². The van der Waals surface area contributed by atoms with Gasteiger partial charge in [-0.25, -0.2) is 0 Å². The van der Waals surface area contributed by atoms with Crippen molar-refractivity contribution < 1.29 is 8.73 Å². The van der Waals surface area contributed by atoms with Crippen molar-refractivity contribution in [2.24, 2.45) is 0 Å². The van der Waals surface area contributed by atoms with E-state index in [0.29, 0.717) is 11.5 Å². The van der Waals surface area contributed by atoms with Crippen molar-refractivity contribution in [2.45, 2.75) is 5.75 Å². The lowest BCUT2D eigenvalue weighted by molar-refractivity contribution is 0.389. The highest BCUT2D eigenvalue weighted by molar-refractivity contribution is 7.83. The van der Waals surface area contributed by atoms with Gasteiger partial charge in [-0.3, -0.25) is 9.00 Å². The average molecular weight is 161 g/mol. The maximum absolute atomic E-state index is 10.6. The molecule has 1 rings (SSSR count). The van der Waals surface area contributed by atoms with Crippen LogP contribution in [0.1, 0.15) is 5.76 Å². The zero-order valence-electron chi connectivity index (χ0n) is 5.42. The summed E-state index contributed by atoms with van der Waals surface area (Å²) in [5.74, 6) is 0.726. The molecule has 1 heterocycles. The van der Waals surface area contributed by atoms with Crippen molar-refractivity contribution in [3.05, 3.63) is 22.2 Å². The van der Waals surface area contributed by atoms with Crippen molar-refractivity contribution in [1.29, 1.82) is 0 Å². The van der Waals surface area contributed by atoms with Gasteiger partial charge >= 0.3 is 0 Å². The summed E-state index contributed by atoms with van der Waals surface area (Å²) in [6.45, 7) is 0. The molecule has 1 atom stereocenters. The van der Waals surface area contributed by atoms with Gasteiger partial charge in [0.25, 0.3) is 5.56 Å². The highest BCUT2D eigenvalue weighted by atomic mass is 32.2. The quantitative estimate of drug-likeness (QED) is 0.655. The zero-order chi connectivity index (χ0) is 7.56. The summed E-state index contributed by atoms with van der Waals surface area (Å²) < 4.78 is 15.2. The normalized spacial score (nSPS) is 13.3. The third kappa shape index (κ3) is 1.84. The number of nitrogens with one attached hydrogen (secondary N) is 1. The van der Waals surface area contributed by atoms with Gasteiger partial charge in [-0.15, -0.1) is 0 Å². The molecule has 56 valence electrons. The first-order valence-corrected chi connectivity index (χ1v) is 4.38. The number of hydrogen-bond donors (Lipinski definition) is 1. The maximum atomic E-state index is 10.6. The van der Waals surface area contributed by atoms with Crippen molar-refractivity contribution in [1.82, 2.24) is 5.16 Å². The molecule has 0 aliphatic carbocycles. The summed E-state index contributed by atoms with van der Waals surface area (Å²) in [4.78, 5) is 10.4. The number of rotatable bonds is 2. The monoisotopic (exact) mass is 161 g/mol. The van der Waals surface area contributed by atoms with Crippen LogP contribution in [-0.2, 0) is 16.6 Å². The fourth-order valence-corrected chi connectivity index (χ4v) is 1.14. The molecular weight excluding hydrogens is 154 g/mol. The Hall–Kier alpha value is -0.840. The number of hydrogen-bond acceptors (Lipinski definition) is 3. The lowest BCUT2D eigenvalue weighted by atomic mass is 10.5. The average Bonchev–Trinajstić information content (AvgIpc) is 2.13. The molecule has 0 aliphatic heterocycles. The van der Waals surface area contributed by atoms with Crippen LogP contribution in [0.5, 0.6) is 0 Å². The third-order valence-electron chi connectivity index (χ3n) is 0.920. The van der Waals surface area contributed by atoms with Gasteiger partial charge in [0.05, 0.1) is 5.75 Å². The van der Waals surface area contributed by atoms with E-state index in [1.54, 1.807) is 6.26 Å². The minimum atomic E-state index is -0.956. The summed E-state index contributed by atoms with van der Waals surface area (Å²) in [6, 6.07) is 1.29. The second kappa shape index (κ2) is 2.83. The molecule has 0 amide bonds. The van der Waals surface area contributed by atoms with Crippen LogP contribution in [0.15, 0.2) is 15.4 Å². The fourth-order valence-electron chi connectivity index (χ4n) is 0.592. The minimum absolute atomic E-state index is 0.290. The van der Waals surface area contributed by atoms with E-state index in [-0.39, 0.29) is 5.56 Å². The summed E-state index contributed by atoms with van der Waals surface area (Å²) in [6.07, 6.45) is 1.55. The molecule has 1 aromatic heterocycles. The Morgan fingerprint density at radius 1 is 1.80 bits per heavy atom. The van der Waals surface area contributed by atoms with E-state index in [9.17, 15) is 9.00 Å². The van der Waals surface area contributed by atoms with Crippen LogP contribution in [0, 0.1) is 0 Å². The first kappa shape index (κ1) is 7.27. The number of aromatic amines is 1. The van der Waals surface area contributed by atoms with Crippen LogP contribution in [0.25, 0.3) is 0 Å².